The summed E-state index contributed by atoms with van der Waals surface area (Å²) in [6.45, 7) is 10.6. The fraction of sp³-hybridized carbons (Fsp3) is 0.706. The third-order valence-electron chi connectivity index (χ3n) is 4.53. The number of rotatable bonds is 3. The van der Waals surface area contributed by atoms with Crippen molar-refractivity contribution in [3.63, 3.8) is 0 Å². The fourth-order valence-electron chi connectivity index (χ4n) is 3.38. The average molecular weight is 313 g/mol. The Morgan fingerprint density at radius 1 is 1.19 bits per heavy atom. The molecule has 21 heavy (non-hydrogen) atoms. The summed E-state index contributed by atoms with van der Waals surface area (Å²) in [5.74, 6) is 0.257. The summed E-state index contributed by atoms with van der Waals surface area (Å²) >= 11 is 0. The molecule has 3 nitrogen and oxygen atoms in total. The number of carbonyl (C=O) groups excluding carboxylic acids is 1. The smallest absolute Gasteiger partial charge is 0.233 e. The molecule has 0 aromatic carbocycles. The first-order valence-corrected chi connectivity index (χ1v) is 8.09. The van der Waals surface area contributed by atoms with E-state index < -0.39 is 0 Å². The second-order valence-corrected chi connectivity index (χ2v) is 6.39. The first-order chi connectivity index (χ1) is 9.58. The third-order valence-corrected chi connectivity index (χ3v) is 4.53. The fourth-order valence-corrected chi connectivity index (χ4v) is 3.38. The lowest BCUT2D eigenvalue weighted by atomic mass is 10.1. The zero-order valence-electron chi connectivity index (χ0n) is 13.6. The highest BCUT2D eigenvalue weighted by Gasteiger charge is 2.24. The van der Waals surface area contributed by atoms with Crippen molar-refractivity contribution in [2.24, 2.45) is 5.92 Å². The Morgan fingerprint density at radius 2 is 1.81 bits per heavy atom. The molecule has 0 bridgehead atoms. The Bertz CT molecular complexity index is 409. The van der Waals surface area contributed by atoms with Crippen molar-refractivity contribution in [1.82, 2.24) is 4.90 Å². The van der Waals surface area contributed by atoms with E-state index in [4.69, 9.17) is 0 Å². The van der Waals surface area contributed by atoms with Crippen LogP contribution in [0.5, 0.6) is 0 Å². The lowest BCUT2D eigenvalue weighted by Crippen LogP contribution is -3.12. The molecule has 1 unspecified atom stereocenters. The number of amides is 1. The quantitative estimate of drug-likeness (QED) is 0.694. The number of allylic oxidation sites excluding steroid dienone is 3. The topological polar surface area (TPSA) is 24.8 Å². The van der Waals surface area contributed by atoms with Crippen molar-refractivity contribution in [2.75, 3.05) is 26.2 Å². The minimum Gasteiger partial charge on any atom is -1.00 e. The monoisotopic (exact) mass is 312 g/mol. The van der Waals surface area contributed by atoms with Crippen LogP contribution in [0.2, 0.25) is 0 Å². The molecule has 2 aliphatic heterocycles. The molecule has 2 heterocycles. The largest absolute Gasteiger partial charge is 1.00 e. The van der Waals surface area contributed by atoms with Gasteiger partial charge in [-0.25, -0.2) is 0 Å². The molecule has 1 amide bonds. The van der Waals surface area contributed by atoms with Gasteiger partial charge in [0.15, 0.2) is 0 Å². The predicted octanol–water partition coefficient (Wildman–Crippen LogP) is -1.22. The third kappa shape index (κ3) is 5.15. The number of halogens is 1. The molecule has 0 aromatic heterocycles. The molecular weight excluding hydrogens is 284 g/mol. The van der Waals surface area contributed by atoms with E-state index in [0.717, 1.165) is 18.8 Å². The van der Waals surface area contributed by atoms with Crippen LogP contribution >= 0.6 is 0 Å². The van der Waals surface area contributed by atoms with Gasteiger partial charge in [-0.15, -0.1) is 0 Å². The number of nitrogens with zero attached hydrogens (tertiary/aromatic N) is 1. The molecule has 0 saturated carbocycles. The normalized spacial score (nSPS) is 24.6. The Morgan fingerprint density at radius 3 is 2.43 bits per heavy atom. The lowest BCUT2D eigenvalue weighted by Gasteiger charge is -2.26. The van der Waals surface area contributed by atoms with E-state index in [2.05, 4.69) is 26.0 Å². The number of hydrogen-bond donors (Lipinski definition) is 1. The number of quaternary nitrogens is 1. The maximum atomic E-state index is 12.5. The summed E-state index contributed by atoms with van der Waals surface area (Å²) in [7, 11) is 0. The van der Waals surface area contributed by atoms with Gasteiger partial charge in [0.25, 0.3) is 0 Å². The summed E-state index contributed by atoms with van der Waals surface area (Å²) in [5, 5.41) is 0. The van der Waals surface area contributed by atoms with Gasteiger partial charge in [-0.3, -0.25) is 4.79 Å². The van der Waals surface area contributed by atoms with Gasteiger partial charge in [-0.1, -0.05) is 18.6 Å². The summed E-state index contributed by atoms with van der Waals surface area (Å²) < 4.78 is 0. The van der Waals surface area contributed by atoms with Crippen LogP contribution in [0, 0.1) is 5.92 Å². The van der Waals surface area contributed by atoms with E-state index in [0.29, 0.717) is 0 Å². The van der Waals surface area contributed by atoms with E-state index in [9.17, 15) is 4.79 Å². The molecule has 0 aromatic rings. The Hall–Kier alpha value is -0.800. The molecule has 2 aliphatic rings. The van der Waals surface area contributed by atoms with Crippen molar-refractivity contribution in [1.29, 1.82) is 0 Å². The molecule has 1 fully saturated rings. The molecule has 4 heteroatoms. The summed E-state index contributed by atoms with van der Waals surface area (Å²) in [4.78, 5) is 16.1. The minimum atomic E-state index is 0. The molecule has 1 atom stereocenters. The SMILES string of the molecule is CC1=CC(C)C(=O)N(CC[NH+]2CCCCCC2)C(C)=C1.[Cl-]. The van der Waals surface area contributed by atoms with E-state index >= 15 is 0 Å². The van der Waals surface area contributed by atoms with Gasteiger partial charge < -0.3 is 22.2 Å². The van der Waals surface area contributed by atoms with Gasteiger partial charge in [0.05, 0.1) is 32.1 Å². The predicted molar refractivity (Wildman–Crippen MR) is 82.4 cm³/mol. The molecule has 1 saturated heterocycles. The summed E-state index contributed by atoms with van der Waals surface area (Å²) in [6.07, 6.45) is 9.66. The van der Waals surface area contributed by atoms with Crippen LogP contribution in [0.1, 0.15) is 46.5 Å². The summed E-state index contributed by atoms with van der Waals surface area (Å²) in [6, 6.07) is 0. The van der Waals surface area contributed by atoms with E-state index in [-0.39, 0.29) is 24.2 Å². The van der Waals surface area contributed by atoms with Crippen molar-refractivity contribution in [3.8, 4) is 0 Å². The molecule has 0 radical (unpaired) electrons. The van der Waals surface area contributed by atoms with Crippen LogP contribution in [-0.4, -0.2) is 37.0 Å². The lowest BCUT2D eigenvalue weighted by molar-refractivity contribution is -0.898. The Balaban J connectivity index is 0.00000220. The van der Waals surface area contributed by atoms with Gasteiger partial charge in [-0.2, -0.15) is 0 Å². The van der Waals surface area contributed by atoms with Crippen LogP contribution in [0.4, 0.5) is 0 Å². The van der Waals surface area contributed by atoms with Gasteiger partial charge in [0.1, 0.15) is 0 Å². The maximum Gasteiger partial charge on any atom is 0.233 e. The second kappa shape index (κ2) is 8.60. The zero-order valence-corrected chi connectivity index (χ0v) is 14.4. The van der Waals surface area contributed by atoms with E-state index in [1.165, 1.54) is 44.3 Å². The van der Waals surface area contributed by atoms with Gasteiger partial charge in [0.2, 0.25) is 5.91 Å². The van der Waals surface area contributed by atoms with Gasteiger partial charge in [-0.05, 0) is 45.6 Å². The molecule has 2 rings (SSSR count). The highest BCUT2D eigenvalue weighted by molar-refractivity contribution is 5.82. The van der Waals surface area contributed by atoms with Gasteiger partial charge in [0, 0.05) is 5.70 Å². The maximum absolute atomic E-state index is 12.5. The molecule has 1 N–H and O–H groups in total. The molecule has 120 valence electrons. The molecular formula is C17H29ClN2O. The van der Waals surface area contributed by atoms with Crippen molar-refractivity contribution in [3.05, 3.63) is 23.4 Å². The van der Waals surface area contributed by atoms with E-state index in [1.54, 1.807) is 4.90 Å². The van der Waals surface area contributed by atoms with E-state index in [1.807, 2.05) is 11.8 Å². The zero-order chi connectivity index (χ0) is 14.5. The van der Waals surface area contributed by atoms with Gasteiger partial charge >= 0.3 is 0 Å². The Kier molecular flexibility index (Phi) is 7.47. The average Bonchev–Trinajstić information content (AvgIpc) is 2.70. The van der Waals surface area contributed by atoms with Crippen molar-refractivity contribution < 1.29 is 22.1 Å². The highest BCUT2D eigenvalue weighted by atomic mass is 35.5. The molecule has 0 spiro atoms. The van der Waals surface area contributed by atoms with Crippen molar-refractivity contribution >= 4 is 5.91 Å². The number of likely N-dealkylation sites (tertiary alicyclic amines) is 1. The number of nitrogens with one attached hydrogen (secondary N) is 1. The number of hydrogen-bond acceptors (Lipinski definition) is 1. The van der Waals surface area contributed by atoms with Crippen LogP contribution in [0.25, 0.3) is 0 Å². The van der Waals surface area contributed by atoms with Crippen LogP contribution in [0.15, 0.2) is 23.4 Å². The van der Waals surface area contributed by atoms with Crippen LogP contribution in [-0.2, 0) is 4.79 Å². The molecule has 0 aliphatic carbocycles. The standard InChI is InChI=1S/C17H28N2O.ClH/c1-14-12-15(2)17(20)19(16(3)13-14)11-10-18-8-6-4-5-7-9-18;/h12-13,15H,4-11H2,1-3H3;1H. The minimum absolute atomic E-state index is 0. The first kappa shape index (κ1) is 18.2. The Labute approximate surface area is 135 Å². The van der Waals surface area contributed by atoms with Crippen molar-refractivity contribution in [2.45, 2.75) is 46.5 Å². The highest BCUT2D eigenvalue weighted by Crippen LogP contribution is 2.18. The first-order valence-electron chi connectivity index (χ1n) is 8.09. The van der Waals surface area contributed by atoms with Crippen LogP contribution in [0.3, 0.4) is 0 Å². The number of carbonyl (C=O) groups is 1. The summed E-state index contributed by atoms with van der Waals surface area (Å²) in [5.41, 5.74) is 2.30. The van der Waals surface area contributed by atoms with Crippen LogP contribution < -0.4 is 17.3 Å². The second-order valence-electron chi connectivity index (χ2n) is 6.39.